The third-order valence-corrected chi connectivity index (χ3v) is 4.15. The van der Waals surface area contributed by atoms with E-state index in [2.05, 4.69) is 9.97 Å². The van der Waals surface area contributed by atoms with Crippen molar-refractivity contribution in [2.45, 2.75) is 42.8 Å². The van der Waals surface area contributed by atoms with E-state index in [1.165, 1.54) is 12.1 Å². The Morgan fingerprint density at radius 2 is 2.24 bits per heavy atom. The molecule has 21 heavy (non-hydrogen) atoms. The fraction of sp³-hybridized carbons (Fsp3) is 0.333. The summed E-state index contributed by atoms with van der Waals surface area (Å²) in [6.07, 6.45) is 1.41. The smallest absolute Gasteiger partial charge is 0.251 e. The Hall–Kier alpha value is -1.66. The minimum Gasteiger partial charge on any atom is -0.327 e. The minimum absolute atomic E-state index is 0.0179. The van der Waals surface area contributed by atoms with Gasteiger partial charge in [-0.2, -0.15) is 0 Å². The van der Waals surface area contributed by atoms with Crippen LogP contribution in [0.4, 0.5) is 4.39 Å². The number of hydrogen-bond acceptors (Lipinski definition) is 4. The number of rotatable bonds is 5. The van der Waals surface area contributed by atoms with Crippen molar-refractivity contribution in [1.29, 1.82) is 0 Å². The number of aryl methyl sites for hydroxylation is 1. The number of hydrogen-bond donors (Lipinski definition) is 2. The molecule has 0 fully saturated rings. The fourth-order valence-electron chi connectivity index (χ4n) is 1.95. The summed E-state index contributed by atoms with van der Waals surface area (Å²) in [5, 5.41) is 0.386. The van der Waals surface area contributed by atoms with Crippen molar-refractivity contribution in [2.75, 3.05) is 0 Å². The number of benzene rings is 1. The van der Waals surface area contributed by atoms with E-state index < -0.39 is 0 Å². The highest BCUT2D eigenvalue weighted by Crippen LogP contribution is 2.31. The van der Waals surface area contributed by atoms with Crippen LogP contribution >= 0.6 is 11.8 Å². The van der Waals surface area contributed by atoms with E-state index in [-0.39, 0.29) is 17.4 Å². The lowest BCUT2D eigenvalue weighted by atomic mass is 10.0. The summed E-state index contributed by atoms with van der Waals surface area (Å²) in [5.41, 5.74) is 7.15. The Labute approximate surface area is 127 Å². The zero-order valence-corrected chi connectivity index (χ0v) is 12.8. The average molecular weight is 307 g/mol. The van der Waals surface area contributed by atoms with E-state index in [1.807, 2.05) is 13.0 Å². The van der Waals surface area contributed by atoms with Gasteiger partial charge in [-0.15, -0.1) is 0 Å². The summed E-state index contributed by atoms with van der Waals surface area (Å²) in [6.45, 7) is 3.73. The molecule has 1 aromatic heterocycles. The Morgan fingerprint density at radius 1 is 1.48 bits per heavy atom. The predicted octanol–water partition coefficient (Wildman–Crippen LogP) is 2.65. The number of nitrogens with one attached hydrogen (secondary N) is 1. The van der Waals surface area contributed by atoms with Gasteiger partial charge < -0.3 is 10.7 Å². The predicted molar refractivity (Wildman–Crippen MR) is 82.1 cm³/mol. The zero-order valence-electron chi connectivity index (χ0n) is 12.0. The molecule has 0 radical (unpaired) electrons. The van der Waals surface area contributed by atoms with Gasteiger partial charge in [0.2, 0.25) is 0 Å². The van der Waals surface area contributed by atoms with E-state index >= 15 is 0 Å². The highest BCUT2D eigenvalue weighted by Gasteiger charge is 2.14. The molecular formula is C15H18FN3OS. The second-order valence-corrected chi connectivity index (χ2v) is 5.89. The Balaban J connectivity index is 2.36. The maximum Gasteiger partial charge on any atom is 0.251 e. The molecule has 2 rings (SSSR count). The molecular weight excluding hydrogens is 289 g/mol. The van der Waals surface area contributed by atoms with Crippen LogP contribution in [0, 0.1) is 12.7 Å². The quantitative estimate of drug-likeness (QED) is 0.833. The summed E-state index contributed by atoms with van der Waals surface area (Å²) in [7, 11) is 0. The van der Waals surface area contributed by atoms with Crippen LogP contribution in [0.2, 0.25) is 0 Å². The normalized spacial score (nSPS) is 12.4. The second-order valence-electron chi connectivity index (χ2n) is 4.89. The molecule has 0 saturated carbocycles. The van der Waals surface area contributed by atoms with Crippen molar-refractivity contribution in [3.8, 4) is 0 Å². The zero-order chi connectivity index (χ0) is 15.4. The third-order valence-electron chi connectivity index (χ3n) is 3.10. The molecule has 3 N–H and O–H groups in total. The Kier molecular flexibility index (Phi) is 5.14. The van der Waals surface area contributed by atoms with Crippen LogP contribution in [-0.4, -0.2) is 16.0 Å². The van der Waals surface area contributed by atoms with Gasteiger partial charge in [0.15, 0.2) is 5.16 Å². The number of nitrogens with two attached hydrogens (primary N) is 1. The number of H-pyrrole nitrogens is 1. The molecule has 4 nitrogen and oxygen atoms in total. The van der Waals surface area contributed by atoms with Gasteiger partial charge in [0.1, 0.15) is 5.82 Å². The molecule has 0 spiro atoms. The van der Waals surface area contributed by atoms with Gasteiger partial charge in [-0.1, -0.05) is 19.1 Å². The maximum absolute atomic E-state index is 14.1. The molecule has 0 amide bonds. The van der Waals surface area contributed by atoms with Gasteiger partial charge in [0.25, 0.3) is 5.56 Å². The summed E-state index contributed by atoms with van der Waals surface area (Å²) < 4.78 is 14.1. The monoisotopic (exact) mass is 307 g/mol. The van der Waals surface area contributed by atoms with Crippen molar-refractivity contribution in [3.05, 3.63) is 51.7 Å². The molecule has 0 aliphatic heterocycles. The first-order chi connectivity index (χ1) is 9.99. The van der Waals surface area contributed by atoms with E-state index in [4.69, 9.17) is 5.73 Å². The van der Waals surface area contributed by atoms with Gasteiger partial charge in [0, 0.05) is 17.8 Å². The van der Waals surface area contributed by atoms with Gasteiger partial charge in [-0.05, 0) is 43.2 Å². The molecule has 2 aromatic rings. The molecule has 0 saturated heterocycles. The first-order valence-corrected chi connectivity index (χ1v) is 7.60. The molecule has 1 atom stereocenters. The molecule has 112 valence electrons. The molecule has 1 unspecified atom stereocenters. The lowest BCUT2D eigenvalue weighted by Crippen LogP contribution is -2.21. The van der Waals surface area contributed by atoms with E-state index in [0.717, 1.165) is 23.7 Å². The van der Waals surface area contributed by atoms with Crippen molar-refractivity contribution < 1.29 is 4.39 Å². The maximum atomic E-state index is 14.1. The van der Waals surface area contributed by atoms with Gasteiger partial charge >= 0.3 is 0 Å². The molecule has 1 aromatic carbocycles. The van der Waals surface area contributed by atoms with Gasteiger partial charge in [-0.3, -0.25) is 4.79 Å². The van der Waals surface area contributed by atoms with Crippen molar-refractivity contribution >= 4 is 11.8 Å². The molecule has 6 heteroatoms. The Bertz CT molecular complexity index is 687. The third kappa shape index (κ3) is 4.15. The number of aromatic amines is 1. The first-order valence-electron chi connectivity index (χ1n) is 6.78. The number of aromatic nitrogens is 2. The van der Waals surface area contributed by atoms with Crippen LogP contribution < -0.4 is 11.3 Å². The van der Waals surface area contributed by atoms with Crippen LogP contribution in [0.25, 0.3) is 0 Å². The van der Waals surface area contributed by atoms with Crippen molar-refractivity contribution in [1.82, 2.24) is 9.97 Å². The van der Waals surface area contributed by atoms with E-state index in [9.17, 15) is 9.18 Å². The van der Waals surface area contributed by atoms with Crippen LogP contribution in [0.15, 0.2) is 39.1 Å². The molecule has 0 aliphatic carbocycles. The lowest BCUT2D eigenvalue weighted by molar-refractivity contribution is 0.585. The standard InChI is InChI=1S/C15H18FN3OS/c1-3-11(17)8-10-5-4-6-12(16)14(10)21-15-18-9(2)7-13(20)19-15/h4-7,11H,3,8,17H2,1-2H3,(H,18,19,20). The fourth-order valence-corrected chi connectivity index (χ4v) is 2.93. The molecule has 0 bridgehead atoms. The number of halogens is 1. The van der Waals surface area contributed by atoms with Gasteiger partial charge in [0.05, 0.1) is 4.90 Å². The summed E-state index contributed by atoms with van der Waals surface area (Å²) in [5.74, 6) is -0.329. The van der Waals surface area contributed by atoms with E-state index in [0.29, 0.717) is 22.2 Å². The van der Waals surface area contributed by atoms with E-state index in [1.54, 1.807) is 13.0 Å². The first kappa shape index (κ1) is 15.7. The van der Waals surface area contributed by atoms with Crippen LogP contribution in [0.3, 0.4) is 0 Å². The van der Waals surface area contributed by atoms with Crippen molar-refractivity contribution in [2.24, 2.45) is 5.73 Å². The van der Waals surface area contributed by atoms with Crippen LogP contribution in [0.5, 0.6) is 0 Å². The summed E-state index contributed by atoms with van der Waals surface area (Å²) >= 11 is 1.12. The summed E-state index contributed by atoms with van der Waals surface area (Å²) in [4.78, 5) is 18.8. The second kappa shape index (κ2) is 6.87. The summed E-state index contributed by atoms with van der Waals surface area (Å²) in [6, 6.07) is 6.31. The topological polar surface area (TPSA) is 71.8 Å². The van der Waals surface area contributed by atoms with Crippen LogP contribution in [0.1, 0.15) is 24.6 Å². The van der Waals surface area contributed by atoms with Gasteiger partial charge in [-0.25, -0.2) is 9.37 Å². The highest BCUT2D eigenvalue weighted by molar-refractivity contribution is 7.99. The molecule has 0 aliphatic rings. The average Bonchev–Trinajstić information content (AvgIpc) is 2.41. The minimum atomic E-state index is -0.329. The Morgan fingerprint density at radius 3 is 2.90 bits per heavy atom. The number of nitrogens with zero attached hydrogens (tertiary/aromatic N) is 1. The lowest BCUT2D eigenvalue weighted by Gasteiger charge is -2.13. The van der Waals surface area contributed by atoms with Crippen molar-refractivity contribution in [3.63, 3.8) is 0 Å². The largest absolute Gasteiger partial charge is 0.327 e. The van der Waals surface area contributed by atoms with Crippen LogP contribution in [-0.2, 0) is 6.42 Å². The molecule has 1 heterocycles. The highest BCUT2D eigenvalue weighted by atomic mass is 32.2. The SMILES string of the molecule is CCC(N)Cc1cccc(F)c1Sc1nc(C)cc(=O)[nH]1.